The molecule has 0 aliphatic heterocycles. The van der Waals surface area contributed by atoms with Crippen molar-refractivity contribution < 1.29 is 80.2 Å². The van der Waals surface area contributed by atoms with Crippen molar-refractivity contribution in [2.75, 3.05) is 39.6 Å². The van der Waals surface area contributed by atoms with Crippen LogP contribution < -0.4 is 0 Å². The van der Waals surface area contributed by atoms with Gasteiger partial charge in [0.05, 0.1) is 26.4 Å². The molecule has 0 aliphatic carbocycles. The van der Waals surface area contributed by atoms with E-state index in [4.69, 9.17) is 37.0 Å². The first kappa shape index (κ1) is 86.1. The molecule has 2 unspecified atom stereocenters. The molecule has 5 atom stereocenters. The van der Waals surface area contributed by atoms with E-state index in [0.717, 1.165) is 95.8 Å². The number of unbranched alkanes of at least 4 members (excludes halogenated alkanes) is 41. The number of phosphoric acid groups is 2. The van der Waals surface area contributed by atoms with Gasteiger partial charge in [-0.15, -0.1) is 0 Å². The lowest BCUT2D eigenvalue weighted by atomic mass is 10.0. The van der Waals surface area contributed by atoms with Crippen molar-refractivity contribution in [3.63, 3.8) is 0 Å². The first-order valence-electron chi connectivity index (χ1n) is 36.1. The number of aliphatic hydroxyl groups excluding tert-OH is 1. The van der Waals surface area contributed by atoms with Gasteiger partial charge in [0.1, 0.15) is 19.3 Å². The summed E-state index contributed by atoms with van der Waals surface area (Å²) >= 11 is 0. The minimum atomic E-state index is -4.95. The Morgan fingerprint density at radius 3 is 0.773 bits per heavy atom. The average molecular weight is 1300 g/mol. The predicted molar refractivity (Wildman–Crippen MR) is 354 cm³/mol. The standard InChI is InChI=1S/C69H134O17P2/c1-6-9-12-15-18-21-23-24-25-26-29-35-40-45-50-55-69(74)86-65(59-80-67(72)53-48-43-38-34-30-27-28-32-36-41-46-51-62(4)5)61-84-88(77,78)82-57-63(70)56-81-87(75,76)83-60-64(58-79-66(71)52-47-42-37-31-20-17-14-11-8-3)85-68(73)54-49-44-39-33-22-19-16-13-10-7-2/h62-65,70H,6-61H2,1-5H3,(H,75,76)(H,77,78)/t63-,64+,65+/m0/s1. The summed E-state index contributed by atoms with van der Waals surface area (Å²) in [6.45, 7) is 7.22. The Bertz CT molecular complexity index is 1700. The smallest absolute Gasteiger partial charge is 0.462 e. The first-order valence-corrected chi connectivity index (χ1v) is 39.1. The third-order valence-electron chi connectivity index (χ3n) is 16.0. The highest BCUT2D eigenvalue weighted by atomic mass is 31.2. The Morgan fingerprint density at radius 1 is 0.307 bits per heavy atom. The van der Waals surface area contributed by atoms with Gasteiger partial charge >= 0.3 is 39.5 Å². The number of esters is 4. The molecule has 522 valence electrons. The van der Waals surface area contributed by atoms with E-state index in [1.54, 1.807) is 0 Å². The Hall–Kier alpha value is -1.94. The molecule has 0 aromatic rings. The fourth-order valence-electron chi connectivity index (χ4n) is 10.5. The van der Waals surface area contributed by atoms with E-state index in [2.05, 4.69) is 34.6 Å². The topological polar surface area (TPSA) is 237 Å². The number of hydrogen-bond donors (Lipinski definition) is 3. The Labute approximate surface area is 537 Å². The summed E-state index contributed by atoms with van der Waals surface area (Å²) in [6, 6.07) is 0. The van der Waals surface area contributed by atoms with Gasteiger partial charge < -0.3 is 33.8 Å². The fraction of sp³-hybridized carbons (Fsp3) is 0.942. The largest absolute Gasteiger partial charge is 0.472 e. The summed E-state index contributed by atoms with van der Waals surface area (Å²) in [5.41, 5.74) is 0. The molecule has 0 bridgehead atoms. The molecule has 0 saturated carbocycles. The molecule has 17 nitrogen and oxygen atoms in total. The highest BCUT2D eigenvalue weighted by molar-refractivity contribution is 7.47. The van der Waals surface area contributed by atoms with Crippen LogP contribution in [0.4, 0.5) is 0 Å². The highest BCUT2D eigenvalue weighted by Crippen LogP contribution is 2.45. The number of rotatable bonds is 69. The normalized spacial score (nSPS) is 14.1. The Morgan fingerprint density at radius 2 is 0.523 bits per heavy atom. The summed E-state index contributed by atoms with van der Waals surface area (Å²) in [5, 5.41) is 10.6. The second-order valence-electron chi connectivity index (χ2n) is 25.4. The van der Waals surface area contributed by atoms with Gasteiger partial charge in [0.25, 0.3) is 0 Å². The van der Waals surface area contributed by atoms with Crippen LogP contribution in [0.15, 0.2) is 0 Å². The van der Waals surface area contributed by atoms with Crippen molar-refractivity contribution >= 4 is 39.5 Å². The van der Waals surface area contributed by atoms with E-state index in [-0.39, 0.29) is 25.7 Å². The van der Waals surface area contributed by atoms with Crippen LogP contribution >= 0.6 is 15.6 Å². The molecule has 0 heterocycles. The molecule has 0 aliphatic rings. The zero-order valence-corrected chi connectivity index (χ0v) is 58.6. The second-order valence-corrected chi connectivity index (χ2v) is 28.3. The Balaban J connectivity index is 5.23. The van der Waals surface area contributed by atoms with Crippen LogP contribution in [0.25, 0.3) is 0 Å². The zero-order valence-electron chi connectivity index (χ0n) is 56.9. The molecule has 0 radical (unpaired) electrons. The quantitative estimate of drug-likeness (QED) is 0.0222. The molecule has 88 heavy (non-hydrogen) atoms. The number of carbonyl (C=O) groups excluding carboxylic acids is 4. The summed E-state index contributed by atoms with van der Waals surface area (Å²) in [7, 11) is -9.89. The van der Waals surface area contributed by atoms with Crippen molar-refractivity contribution in [3.8, 4) is 0 Å². The maximum absolute atomic E-state index is 13.0. The van der Waals surface area contributed by atoms with Gasteiger partial charge in [-0.2, -0.15) is 0 Å². The summed E-state index contributed by atoms with van der Waals surface area (Å²) in [6.07, 6.45) is 48.5. The molecule has 0 aromatic carbocycles. The summed E-state index contributed by atoms with van der Waals surface area (Å²) in [5.74, 6) is -1.35. The SMILES string of the molecule is CCCCCCCCCCCCCCCCCC(=O)O[C@H](COC(=O)CCCCCCCCCCCCCC(C)C)COP(=O)(O)OC[C@@H](O)COP(=O)(O)OC[C@@H](COC(=O)CCCCCCCCCCC)OC(=O)CCCCCCCCCCCC. The summed E-state index contributed by atoms with van der Waals surface area (Å²) in [4.78, 5) is 72.4. The van der Waals surface area contributed by atoms with Crippen LogP contribution in [0.5, 0.6) is 0 Å². The number of phosphoric ester groups is 2. The van der Waals surface area contributed by atoms with E-state index in [9.17, 15) is 43.2 Å². The van der Waals surface area contributed by atoms with Crippen LogP contribution in [0.2, 0.25) is 0 Å². The van der Waals surface area contributed by atoms with Gasteiger partial charge in [-0.05, 0) is 31.6 Å². The van der Waals surface area contributed by atoms with Gasteiger partial charge in [0.2, 0.25) is 0 Å². The van der Waals surface area contributed by atoms with Gasteiger partial charge in [0.15, 0.2) is 12.2 Å². The van der Waals surface area contributed by atoms with E-state index in [1.165, 1.54) is 180 Å². The van der Waals surface area contributed by atoms with E-state index in [1.807, 2.05) is 0 Å². The van der Waals surface area contributed by atoms with Gasteiger partial charge in [0, 0.05) is 25.7 Å². The van der Waals surface area contributed by atoms with Gasteiger partial charge in [-0.1, -0.05) is 304 Å². The van der Waals surface area contributed by atoms with Crippen molar-refractivity contribution in [3.05, 3.63) is 0 Å². The number of carbonyl (C=O) groups is 4. The monoisotopic (exact) mass is 1300 g/mol. The molecule has 0 fully saturated rings. The van der Waals surface area contributed by atoms with Crippen LogP contribution in [0.3, 0.4) is 0 Å². The molecule has 19 heteroatoms. The maximum atomic E-state index is 13.0. The number of aliphatic hydroxyl groups is 1. The van der Waals surface area contributed by atoms with Crippen LogP contribution in [0.1, 0.15) is 356 Å². The maximum Gasteiger partial charge on any atom is 0.472 e. The average Bonchev–Trinajstić information content (AvgIpc) is 3.51. The van der Waals surface area contributed by atoms with Gasteiger partial charge in [-0.3, -0.25) is 37.3 Å². The van der Waals surface area contributed by atoms with E-state index in [0.29, 0.717) is 25.7 Å². The molecular formula is C69H134O17P2. The predicted octanol–water partition coefficient (Wildman–Crippen LogP) is 19.7. The lowest BCUT2D eigenvalue weighted by molar-refractivity contribution is -0.161. The summed E-state index contributed by atoms with van der Waals surface area (Å²) < 4.78 is 68.2. The third kappa shape index (κ3) is 62.8. The molecule has 0 amide bonds. The lowest BCUT2D eigenvalue weighted by Gasteiger charge is -2.21. The molecule has 3 N–H and O–H groups in total. The fourth-order valence-corrected chi connectivity index (χ4v) is 12.0. The molecule has 0 saturated heterocycles. The first-order chi connectivity index (χ1) is 42.5. The van der Waals surface area contributed by atoms with E-state index < -0.39 is 97.5 Å². The Kier molecular flexibility index (Phi) is 61.1. The highest BCUT2D eigenvalue weighted by Gasteiger charge is 2.30. The van der Waals surface area contributed by atoms with Crippen molar-refractivity contribution in [2.45, 2.75) is 374 Å². The molecule has 0 rings (SSSR count). The minimum absolute atomic E-state index is 0.107. The van der Waals surface area contributed by atoms with Crippen molar-refractivity contribution in [1.29, 1.82) is 0 Å². The molecule has 0 spiro atoms. The zero-order chi connectivity index (χ0) is 64.9. The number of hydrogen-bond acceptors (Lipinski definition) is 15. The van der Waals surface area contributed by atoms with E-state index >= 15 is 0 Å². The van der Waals surface area contributed by atoms with Crippen molar-refractivity contribution in [2.24, 2.45) is 5.92 Å². The second kappa shape index (κ2) is 62.5. The minimum Gasteiger partial charge on any atom is -0.462 e. The third-order valence-corrected chi connectivity index (χ3v) is 17.9. The van der Waals surface area contributed by atoms with Crippen LogP contribution in [0, 0.1) is 5.92 Å². The number of ether oxygens (including phenoxy) is 4. The van der Waals surface area contributed by atoms with Crippen LogP contribution in [-0.4, -0.2) is 96.7 Å². The molecular weight excluding hydrogens is 1160 g/mol. The lowest BCUT2D eigenvalue weighted by Crippen LogP contribution is -2.30. The van der Waals surface area contributed by atoms with Gasteiger partial charge in [-0.25, -0.2) is 9.13 Å². The molecule has 0 aromatic heterocycles. The van der Waals surface area contributed by atoms with Crippen LogP contribution in [-0.2, 0) is 65.4 Å². The van der Waals surface area contributed by atoms with Crippen molar-refractivity contribution in [1.82, 2.24) is 0 Å².